The summed E-state index contributed by atoms with van der Waals surface area (Å²) < 4.78 is 20.0. The molecule has 1 heterocycles. The van der Waals surface area contributed by atoms with Crippen LogP contribution in [-0.2, 0) is 14.3 Å². The van der Waals surface area contributed by atoms with Crippen molar-refractivity contribution in [1.29, 1.82) is 0 Å². The Labute approximate surface area is 154 Å². The fraction of sp³-hybridized carbons (Fsp3) is 0.235. The molecule has 0 aliphatic carbocycles. The number of aromatic nitrogens is 1. The topological polar surface area (TPSA) is 99.9 Å². The van der Waals surface area contributed by atoms with Crippen LogP contribution in [0.3, 0.4) is 0 Å². The molecule has 0 aliphatic heterocycles. The summed E-state index contributed by atoms with van der Waals surface area (Å²) in [4.78, 5) is 23.4. The van der Waals surface area contributed by atoms with E-state index in [-0.39, 0.29) is 5.88 Å². The molecule has 1 amide bonds. The van der Waals surface area contributed by atoms with Gasteiger partial charge in [-0.15, -0.1) is 0 Å². The van der Waals surface area contributed by atoms with Crippen molar-refractivity contribution in [3.8, 4) is 11.5 Å². The van der Waals surface area contributed by atoms with E-state index in [1.807, 2.05) is 0 Å². The number of hydrogen-bond donors (Lipinski definition) is 1. The number of carbonyl (C=O) groups is 2. The third kappa shape index (κ3) is 5.25. The lowest BCUT2D eigenvalue weighted by atomic mass is 10.2. The molecular weight excluding hydrogens is 364 g/mol. The highest BCUT2D eigenvalue weighted by Gasteiger charge is 2.11. The molecule has 2 aromatic rings. The minimum Gasteiger partial charge on any atom is -0.493 e. The second kappa shape index (κ2) is 8.91. The maximum Gasteiger partial charge on any atom is 0.331 e. The van der Waals surface area contributed by atoms with Gasteiger partial charge in [-0.3, -0.25) is 10.1 Å². The molecule has 0 aliphatic rings. The molecule has 0 spiro atoms. The van der Waals surface area contributed by atoms with Gasteiger partial charge in [-0.2, -0.15) is 0 Å². The molecule has 1 N–H and O–H groups in total. The predicted octanol–water partition coefficient (Wildman–Crippen LogP) is 2.85. The Morgan fingerprint density at radius 1 is 1.27 bits per heavy atom. The van der Waals surface area contributed by atoms with Crippen molar-refractivity contribution in [2.24, 2.45) is 0 Å². The van der Waals surface area contributed by atoms with Crippen LogP contribution in [0, 0.1) is 6.92 Å². The minimum atomic E-state index is -0.695. The number of rotatable bonds is 7. The van der Waals surface area contributed by atoms with Crippen LogP contribution in [0.15, 0.2) is 28.8 Å². The van der Waals surface area contributed by atoms with Crippen molar-refractivity contribution >= 4 is 35.4 Å². The summed E-state index contributed by atoms with van der Waals surface area (Å²) in [6, 6.07) is 4.79. The fourth-order valence-corrected chi connectivity index (χ4v) is 2.28. The summed E-state index contributed by atoms with van der Waals surface area (Å²) in [6.45, 7) is 1.25. The number of esters is 1. The summed E-state index contributed by atoms with van der Waals surface area (Å²) in [5, 5.41) is 6.37. The van der Waals surface area contributed by atoms with Crippen molar-refractivity contribution in [3.63, 3.8) is 0 Å². The van der Waals surface area contributed by atoms with Gasteiger partial charge in [0, 0.05) is 12.1 Å². The lowest BCUT2D eigenvalue weighted by Crippen LogP contribution is -2.19. The number of aryl methyl sites for hydroxylation is 1. The van der Waals surface area contributed by atoms with Gasteiger partial charge in [0.2, 0.25) is 5.88 Å². The number of hydrogen-bond acceptors (Lipinski definition) is 7. The first-order valence-corrected chi connectivity index (χ1v) is 7.80. The number of nitrogens with one attached hydrogen (secondary N) is 1. The fourth-order valence-electron chi connectivity index (χ4n) is 1.98. The lowest BCUT2D eigenvalue weighted by molar-refractivity contribution is -0.142. The molecule has 0 radical (unpaired) electrons. The normalized spacial score (nSPS) is 10.6. The number of carbonyl (C=O) groups excluding carboxylic acids is 2. The summed E-state index contributed by atoms with van der Waals surface area (Å²) in [7, 11) is 2.95. The van der Waals surface area contributed by atoms with Crippen LogP contribution in [0.1, 0.15) is 11.3 Å². The van der Waals surface area contributed by atoms with Crippen LogP contribution in [0.25, 0.3) is 6.08 Å². The van der Waals surface area contributed by atoms with Crippen LogP contribution in [0.5, 0.6) is 11.5 Å². The van der Waals surface area contributed by atoms with Gasteiger partial charge in [0.1, 0.15) is 0 Å². The molecule has 138 valence electrons. The second-order valence-corrected chi connectivity index (χ2v) is 5.47. The van der Waals surface area contributed by atoms with E-state index in [4.69, 9.17) is 30.3 Å². The first kappa shape index (κ1) is 19.3. The first-order chi connectivity index (χ1) is 12.4. The molecule has 0 saturated carbocycles. The zero-order valence-electron chi connectivity index (χ0n) is 14.4. The molecule has 26 heavy (non-hydrogen) atoms. The third-order valence-electron chi connectivity index (χ3n) is 3.10. The van der Waals surface area contributed by atoms with Gasteiger partial charge in [0.05, 0.1) is 24.9 Å². The highest BCUT2D eigenvalue weighted by molar-refractivity contribution is 6.32. The third-order valence-corrected chi connectivity index (χ3v) is 3.38. The quantitative estimate of drug-likeness (QED) is 0.582. The molecule has 0 fully saturated rings. The zero-order chi connectivity index (χ0) is 19.1. The van der Waals surface area contributed by atoms with Crippen molar-refractivity contribution in [1.82, 2.24) is 5.16 Å². The Bertz CT molecular complexity index is 831. The van der Waals surface area contributed by atoms with E-state index in [1.54, 1.807) is 25.1 Å². The van der Waals surface area contributed by atoms with Crippen molar-refractivity contribution in [2.75, 3.05) is 26.1 Å². The number of methoxy groups -OCH3 is 2. The predicted molar refractivity (Wildman–Crippen MR) is 94.4 cm³/mol. The van der Waals surface area contributed by atoms with Gasteiger partial charge >= 0.3 is 5.97 Å². The minimum absolute atomic E-state index is 0.180. The molecule has 8 nitrogen and oxygen atoms in total. The number of anilines is 1. The first-order valence-electron chi connectivity index (χ1n) is 7.42. The van der Waals surface area contributed by atoms with Gasteiger partial charge in [0.15, 0.2) is 18.1 Å². The van der Waals surface area contributed by atoms with Gasteiger partial charge in [-0.25, -0.2) is 4.79 Å². The molecule has 0 atom stereocenters. The summed E-state index contributed by atoms with van der Waals surface area (Å²) in [5.74, 6) is -0.237. The average molecular weight is 381 g/mol. The van der Waals surface area contributed by atoms with Gasteiger partial charge in [-0.05, 0) is 30.7 Å². The number of nitrogens with zero attached hydrogens (tertiary/aromatic N) is 1. The van der Waals surface area contributed by atoms with E-state index >= 15 is 0 Å². The second-order valence-electron chi connectivity index (χ2n) is 5.06. The summed E-state index contributed by atoms with van der Waals surface area (Å²) >= 11 is 6.09. The van der Waals surface area contributed by atoms with Crippen molar-refractivity contribution in [3.05, 3.63) is 40.6 Å². The SMILES string of the molecule is COc1cc(/C=C/C(=O)OCC(=O)Nc2cc(C)no2)cc(Cl)c1OC. The Morgan fingerprint density at radius 3 is 2.65 bits per heavy atom. The number of halogens is 1. The standard InChI is InChI=1S/C17H17ClN2O6/c1-10-6-15(26-20-10)19-14(21)9-25-16(22)5-4-11-7-12(18)17(24-3)13(8-11)23-2/h4-8H,9H2,1-3H3,(H,19,21)/b5-4+. The Balaban J connectivity index is 1.91. The van der Waals surface area contributed by atoms with E-state index in [9.17, 15) is 9.59 Å². The molecule has 9 heteroatoms. The van der Waals surface area contributed by atoms with Gasteiger partial charge < -0.3 is 18.7 Å². The number of benzene rings is 1. The van der Waals surface area contributed by atoms with E-state index in [0.717, 1.165) is 0 Å². The molecule has 0 unspecified atom stereocenters. The highest BCUT2D eigenvalue weighted by atomic mass is 35.5. The summed E-state index contributed by atoms with van der Waals surface area (Å²) in [5.41, 5.74) is 1.22. The van der Waals surface area contributed by atoms with E-state index in [0.29, 0.717) is 27.8 Å². The maximum absolute atomic E-state index is 11.7. The van der Waals surface area contributed by atoms with Crippen molar-refractivity contribution < 1.29 is 28.3 Å². The van der Waals surface area contributed by atoms with E-state index < -0.39 is 18.5 Å². The molecule has 0 saturated heterocycles. The Morgan fingerprint density at radius 2 is 2.04 bits per heavy atom. The van der Waals surface area contributed by atoms with Gasteiger partial charge in [-0.1, -0.05) is 16.8 Å². The summed E-state index contributed by atoms with van der Waals surface area (Å²) in [6.07, 6.45) is 2.65. The number of amides is 1. The van der Waals surface area contributed by atoms with Crippen LogP contribution in [0.2, 0.25) is 5.02 Å². The van der Waals surface area contributed by atoms with E-state index in [1.165, 1.54) is 26.4 Å². The van der Waals surface area contributed by atoms with Crippen LogP contribution in [-0.4, -0.2) is 37.9 Å². The highest BCUT2D eigenvalue weighted by Crippen LogP contribution is 2.36. The lowest BCUT2D eigenvalue weighted by Gasteiger charge is -2.10. The van der Waals surface area contributed by atoms with Crippen LogP contribution >= 0.6 is 11.6 Å². The average Bonchev–Trinajstić information content (AvgIpc) is 3.02. The number of ether oxygens (including phenoxy) is 3. The molecule has 2 rings (SSSR count). The Kier molecular flexibility index (Phi) is 6.62. The smallest absolute Gasteiger partial charge is 0.331 e. The molecular formula is C17H17ClN2O6. The zero-order valence-corrected chi connectivity index (χ0v) is 15.1. The monoisotopic (exact) mass is 380 g/mol. The van der Waals surface area contributed by atoms with Crippen LogP contribution < -0.4 is 14.8 Å². The molecule has 1 aromatic heterocycles. The van der Waals surface area contributed by atoms with Crippen molar-refractivity contribution in [2.45, 2.75) is 6.92 Å². The maximum atomic E-state index is 11.7. The van der Waals surface area contributed by atoms with Gasteiger partial charge in [0.25, 0.3) is 5.91 Å². The van der Waals surface area contributed by atoms with Crippen LogP contribution in [0.4, 0.5) is 5.88 Å². The largest absolute Gasteiger partial charge is 0.493 e. The Hall–Kier alpha value is -3.00. The van der Waals surface area contributed by atoms with E-state index in [2.05, 4.69) is 10.5 Å². The molecule has 1 aromatic carbocycles. The molecule has 0 bridgehead atoms.